The number of rotatable bonds is 8. The molecule has 0 saturated heterocycles. The molecule has 1 saturated carbocycles. The molecule has 2 N–H and O–H groups in total. The smallest absolute Gasteiger partial charge is 0.223 e. The standard InChI is InChI=1S/C12H24N2O/c1-3-4-10(2)9-13-7-8-14-12(15)11-5-6-11/h10-11,13H,3-9H2,1-2H3,(H,14,15)/t10-/m0/s1. The average molecular weight is 212 g/mol. The normalized spacial score (nSPS) is 17.5. The van der Waals surface area contributed by atoms with Crippen molar-refractivity contribution >= 4 is 5.91 Å². The minimum absolute atomic E-state index is 0.249. The molecular weight excluding hydrogens is 188 g/mol. The van der Waals surface area contributed by atoms with Crippen molar-refractivity contribution in [3.8, 4) is 0 Å². The summed E-state index contributed by atoms with van der Waals surface area (Å²) in [5, 5.41) is 6.32. The summed E-state index contributed by atoms with van der Waals surface area (Å²) in [6.07, 6.45) is 4.71. The van der Waals surface area contributed by atoms with Gasteiger partial charge in [0.15, 0.2) is 0 Å². The van der Waals surface area contributed by atoms with Gasteiger partial charge in [-0.1, -0.05) is 20.3 Å². The molecule has 1 fully saturated rings. The molecule has 15 heavy (non-hydrogen) atoms. The Morgan fingerprint density at radius 3 is 2.73 bits per heavy atom. The Kier molecular flexibility index (Phi) is 5.69. The van der Waals surface area contributed by atoms with Crippen molar-refractivity contribution in [1.82, 2.24) is 10.6 Å². The second-order valence-electron chi connectivity index (χ2n) is 4.66. The van der Waals surface area contributed by atoms with Gasteiger partial charge in [0.25, 0.3) is 0 Å². The maximum Gasteiger partial charge on any atom is 0.223 e. The summed E-state index contributed by atoms with van der Waals surface area (Å²) in [5.74, 6) is 1.33. The van der Waals surface area contributed by atoms with Crippen LogP contribution in [0.15, 0.2) is 0 Å². The van der Waals surface area contributed by atoms with Crippen LogP contribution in [0, 0.1) is 11.8 Å². The second kappa shape index (κ2) is 6.83. The van der Waals surface area contributed by atoms with E-state index in [1.165, 1.54) is 12.8 Å². The van der Waals surface area contributed by atoms with Crippen molar-refractivity contribution in [1.29, 1.82) is 0 Å². The van der Waals surface area contributed by atoms with Crippen molar-refractivity contribution in [2.24, 2.45) is 11.8 Å². The zero-order valence-corrected chi connectivity index (χ0v) is 10.0. The lowest BCUT2D eigenvalue weighted by Crippen LogP contribution is -2.34. The second-order valence-corrected chi connectivity index (χ2v) is 4.66. The van der Waals surface area contributed by atoms with E-state index >= 15 is 0 Å². The van der Waals surface area contributed by atoms with Crippen molar-refractivity contribution < 1.29 is 4.79 Å². The highest BCUT2D eigenvalue weighted by Crippen LogP contribution is 2.28. The van der Waals surface area contributed by atoms with Crippen LogP contribution >= 0.6 is 0 Å². The molecule has 0 aromatic carbocycles. The lowest BCUT2D eigenvalue weighted by atomic mass is 10.1. The van der Waals surface area contributed by atoms with Crippen LogP contribution in [0.5, 0.6) is 0 Å². The van der Waals surface area contributed by atoms with E-state index in [2.05, 4.69) is 24.5 Å². The Balaban J connectivity index is 1.85. The van der Waals surface area contributed by atoms with E-state index in [-0.39, 0.29) is 5.91 Å². The van der Waals surface area contributed by atoms with Crippen LogP contribution < -0.4 is 10.6 Å². The van der Waals surface area contributed by atoms with Crippen LogP contribution in [0.1, 0.15) is 39.5 Å². The Morgan fingerprint density at radius 2 is 2.13 bits per heavy atom. The Labute approximate surface area is 93.0 Å². The van der Waals surface area contributed by atoms with E-state index in [4.69, 9.17) is 0 Å². The topological polar surface area (TPSA) is 41.1 Å². The minimum atomic E-state index is 0.249. The van der Waals surface area contributed by atoms with Crippen molar-refractivity contribution in [3.05, 3.63) is 0 Å². The van der Waals surface area contributed by atoms with Crippen molar-refractivity contribution in [3.63, 3.8) is 0 Å². The molecule has 1 rings (SSSR count). The summed E-state index contributed by atoms with van der Waals surface area (Å²) in [7, 11) is 0. The first kappa shape index (κ1) is 12.5. The van der Waals surface area contributed by atoms with Crippen LogP contribution in [0.25, 0.3) is 0 Å². The fourth-order valence-electron chi connectivity index (χ4n) is 1.71. The van der Waals surface area contributed by atoms with Gasteiger partial charge in [0, 0.05) is 19.0 Å². The lowest BCUT2D eigenvalue weighted by Gasteiger charge is -2.11. The molecule has 3 heteroatoms. The summed E-state index contributed by atoms with van der Waals surface area (Å²) in [4.78, 5) is 11.3. The largest absolute Gasteiger partial charge is 0.355 e. The molecule has 0 aliphatic heterocycles. The molecule has 0 spiro atoms. The van der Waals surface area contributed by atoms with Gasteiger partial charge in [0.2, 0.25) is 5.91 Å². The van der Waals surface area contributed by atoms with Gasteiger partial charge < -0.3 is 10.6 Å². The third-order valence-corrected chi connectivity index (χ3v) is 2.82. The molecular formula is C12H24N2O. The maximum absolute atomic E-state index is 11.3. The molecule has 0 radical (unpaired) electrons. The summed E-state index contributed by atoms with van der Waals surface area (Å²) in [6, 6.07) is 0. The first-order chi connectivity index (χ1) is 7.24. The minimum Gasteiger partial charge on any atom is -0.355 e. The molecule has 0 unspecified atom stereocenters. The van der Waals surface area contributed by atoms with E-state index in [1.807, 2.05) is 0 Å². The van der Waals surface area contributed by atoms with Crippen LogP contribution in [-0.4, -0.2) is 25.5 Å². The zero-order valence-electron chi connectivity index (χ0n) is 10.0. The van der Waals surface area contributed by atoms with E-state index < -0.39 is 0 Å². The summed E-state index contributed by atoms with van der Waals surface area (Å²) in [6.45, 7) is 7.21. The van der Waals surface area contributed by atoms with Crippen molar-refractivity contribution in [2.45, 2.75) is 39.5 Å². The van der Waals surface area contributed by atoms with Gasteiger partial charge in [-0.15, -0.1) is 0 Å². The van der Waals surface area contributed by atoms with Gasteiger partial charge in [0.05, 0.1) is 0 Å². The molecule has 1 aliphatic rings. The van der Waals surface area contributed by atoms with E-state index in [1.54, 1.807) is 0 Å². The first-order valence-corrected chi connectivity index (χ1v) is 6.22. The number of nitrogens with one attached hydrogen (secondary N) is 2. The molecule has 0 heterocycles. The monoisotopic (exact) mass is 212 g/mol. The number of carbonyl (C=O) groups is 1. The lowest BCUT2D eigenvalue weighted by molar-refractivity contribution is -0.122. The summed E-state index contributed by atoms with van der Waals surface area (Å²) in [5.41, 5.74) is 0. The molecule has 88 valence electrons. The summed E-state index contributed by atoms with van der Waals surface area (Å²) < 4.78 is 0. The summed E-state index contributed by atoms with van der Waals surface area (Å²) >= 11 is 0. The highest BCUT2D eigenvalue weighted by Gasteiger charge is 2.28. The van der Waals surface area contributed by atoms with E-state index in [9.17, 15) is 4.79 Å². The predicted molar refractivity (Wildman–Crippen MR) is 62.7 cm³/mol. The van der Waals surface area contributed by atoms with Gasteiger partial charge in [-0.05, 0) is 31.7 Å². The predicted octanol–water partition coefficient (Wildman–Crippen LogP) is 1.54. The maximum atomic E-state index is 11.3. The first-order valence-electron chi connectivity index (χ1n) is 6.22. The molecule has 3 nitrogen and oxygen atoms in total. The molecule has 1 aliphatic carbocycles. The van der Waals surface area contributed by atoms with Gasteiger partial charge in [-0.3, -0.25) is 4.79 Å². The van der Waals surface area contributed by atoms with Crippen LogP contribution in [0.4, 0.5) is 0 Å². The third-order valence-electron chi connectivity index (χ3n) is 2.82. The Hall–Kier alpha value is -0.570. The van der Waals surface area contributed by atoms with Crippen LogP contribution in [0.3, 0.4) is 0 Å². The molecule has 0 aromatic rings. The van der Waals surface area contributed by atoms with Crippen LogP contribution in [-0.2, 0) is 4.79 Å². The number of amides is 1. The van der Waals surface area contributed by atoms with Gasteiger partial charge >= 0.3 is 0 Å². The van der Waals surface area contributed by atoms with E-state index in [0.717, 1.165) is 38.4 Å². The third kappa shape index (κ3) is 5.78. The fraction of sp³-hybridized carbons (Fsp3) is 0.917. The number of carbonyl (C=O) groups excluding carboxylic acids is 1. The average Bonchev–Trinajstić information content (AvgIpc) is 3.00. The zero-order chi connectivity index (χ0) is 11.1. The highest BCUT2D eigenvalue weighted by molar-refractivity contribution is 5.80. The Morgan fingerprint density at radius 1 is 1.40 bits per heavy atom. The molecule has 0 bridgehead atoms. The number of hydrogen-bond acceptors (Lipinski definition) is 2. The molecule has 1 atom stereocenters. The molecule has 1 amide bonds. The fourth-order valence-corrected chi connectivity index (χ4v) is 1.71. The quantitative estimate of drug-likeness (QED) is 0.599. The van der Waals surface area contributed by atoms with E-state index in [0.29, 0.717) is 5.92 Å². The SMILES string of the molecule is CCC[C@H](C)CNCCNC(=O)C1CC1. The van der Waals surface area contributed by atoms with Gasteiger partial charge in [-0.25, -0.2) is 0 Å². The molecule has 0 aromatic heterocycles. The number of hydrogen-bond donors (Lipinski definition) is 2. The van der Waals surface area contributed by atoms with Crippen LogP contribution in [0.2, 0.25) is 0 Å². The van der Waals surface area contributed by atoms with Crippen molar-refractivity contribution in [2.75, 3.05) is 19.6 Å². The highest BCUT2D eigenvalue weighted by atomic mass is 16.2. The van der Waals surface area contributed by atoms with Gasteiger partial charge in [0.1, 0.15) is 0 Å². The van der Waals surface area contributed by atoms with Gasteiger partial charge in [-0.2, -0.15) is 0 Å². The Bertz CT molecular complexity index is 190.